The van der Waals surface area contributed by atoms with Crippen molar-refractivity contribution in [3.63, 3.8) is 0 Å². The smallest absolute Gasteiger partial charge is 0.404 e. The van der Waals surface area contributed by atoms with E-state index in [0.29, 0.717) is 17.8 Å². The lowest BCUT2D eigenvalue weighted by molar-refractivity contribution is 0.1000. The lowest BCUT2D eigenvalue weighted by Crippen LogP contribution is -2.45. The number of anilines is 3. The third kappa shape index (κ3) is 6.34. The summed E-state index contributed by atoms with van der Waals surface area (Å²) in [5.41, 5.74) is 6.12. The summed E-state index contributed by atoms with van der Waals surface area (Å²) in [6, 6.07) is 1.55. The molecular formula is C22H28FN9O4. The number of nitrogens with two attached hydrogens (primary N) is 1. The molecule has 0 aliphatic carbocycles. The van der Waals surface area contributed by atoms with Gasteiger partial charge in [-0.2, -0.15) is 0 Å². The van der Waals surface area contributed by atoms with E-state index in [2.05, 4.69) is 36.2 Å². The summed E-state index contributed by atoms with van der Waals surface area (Å²) in [6.07, 6.45) is 3.83. The molecule has 3 rings (SSSR count). The number of rotatable bonds is 11. The van der Waals surface area contributed by atoms with E-state index in [1.807, 2.05) is 13.8 Å². The molecule has 0 aliphatic rings. The number of nitrogens with one attached hydrogen (secondary N) is 3. The van der Waals surface area contributed by atoms with E-state index < -0.39 is 29.9 Å². The van der Waals surface area contributed by atoms with E-state index in [1.165, 1.54) is 24.2 Å². The number of carbonyl (C=O) groups excluding carboxylic acids is 1. The second kappa shape index (κ2) is 11.3. The van der Waals surface area contributed by atoms with Crippen LogP contribution >= 0.6 is 0 Å². The molecule has 0 saturated carbocycles. The van der Waals surface area contributed by atoms with Crippen molar-refractivity contribution in [1.82, 2.24) is 30.3 Å². The molecule has 0 spiro atoms. The standard InChI is InChI=1S/C22H28FN9O4/c1-11(2)7-16(12(3)27-22(34)35)29-20-15(23)9-14(18(24)33)19(30-20)28-13-8-17(21(36-4)25-10-13)32-6-5-26-31-32/h5-6,8-12,16,27H,7H2,1-4H3,(H2,24,33)(H,34,35)(H2,28,29,30)/t12-,16-/m0/s1. The second-order valence-electron chi connectivity index (χ2n) is 8.42. The van der Waals surface area contributed by atoms with Crippen molar-refractivity contribution in [3.05, 3.63) is 42.1 Å². The van der Waals surface area contributed by atoms with Crippen LogP contribution in [0.1, 0.15) is 37.6 Å². The Hall–Kier alpha value is -4.49. The van der Waals surface area contributed by atoms with Crippen LogP contribution in [0.3, 0.4) is 0 Å². The number of primary amides is 1. The van der Waals surface area contributed by atoms with Crippen molar-refractivity contribution in [1.29, 1.82) is 0 Å². The molecule has 13 nitrogen and oxygen atoms in total. The van der Waals surface area contributed by atoms with Crippen LogP contribution in [-0.4, -0.2) is 61.3 Å². The quantitative estimate of drug-likeness (QED) is 0.262. The maximum Gasteiger partial charge on any atom is 0.404 e. The van der Waals surface area contributed by atoms with Gasteiger partial charge < -0.3 is 31.5 Å². The Morgan fingerprint density at radius 2 is 2.00 bits per heavy atom. The van der Waals surface area contributed by atoms with Gasteiger partial charge in [-0.05, 0) is 31.4 Å². The fraction of sp³-hybridized carbons (Fsp3) is 0.364. The maximum absolute atomic E-state index is 15.0. The summed E-state index contributed by atoms with van der Waals surface area (Å²) in [5.74, 6) is -1.47. The van der Waals surface area contributed by atoms with E-state index in [9.17, 15) is 14.0 Å². The number of aromatic nitrogens is 5. The van der Waals surface area contributed by atoms with Crippen molar-refractivity contribution < 1.29 is 23.8 Å². The summed E-state index contributed by atoms with van der Waals surface area (Å²) in [4.78, 5) is 31.7. The van der Waals surface area contributed by atoms with E-state index >= 15 is 0 Å². The van der Waals surface area contributed by atoms with Crippen molar-refractivity contribution in [2.24, 2.45) is 11.7 Å². The van der Waals surface area contributed by atoms with Crippen LogP contribution in [0.5, 0.6) is 5.88 Å². The van der Waals surface area contributed by atoms with Gasteiger partial charge in [0.1, 0.15) is 11.5 Å². The molecule has 36 heavy (non-hydrogen) atoms. The zero-order valence-electron chi connectivity index (χ0n) is 20.2. The highest BCUT2D eigenvalue weighted by Gasteiger charge is 2.24. The SMILES string of the molecule is COc1ncc(Nc2nc(N[C@@H](CC(C)C)[C@H](C)NC(=O)O)c(F)cc2C(N)=O)cc1-n1ccnn1. The number of hydrogen-bond acceptors (Lipinski definition) is 9. The van der Waals surface area contributed by atoms with Crippen LogP contribution in [0, 0.1) is 11.7 Å². The highest BCUT2D eigenvalue weighted by atomic mass is 19.1. The maximum atomic E-state index is 15.0. The first-order chi connectivity index (χ1) is 17.1. The average molecular weight is 502 g/mol. The molecule has 192 valence electrons. The molecule has 3 aromatic heterocycles. The highest BCUT2D eigenvalue weighted by molar-refractivity contribution is 5.98. The van der Waals surface area contributed by atoms with E-state index in [0.717, 1.165) is 6.07 Å². The van der Waals surface area contributed by atoms with Crippen LogP contribution in [0.4, 0.5) is 26.5 Å². The topological polar surface area (TPSA) is 182 Å². The molecule has 0 aliphatic heterocycles. The van der Waals surface area contributed by atoms with Crippen molar-refractivity contribution >= 4 is 29.3 Å². The van der Waals surface area contributed by atoms with Gasteiger partial charge in [0.05, 0.1) is 37.0 Å². The second-order valence-corrected chi connectivity index (χ2v) is 8.42. The predicted molar refractivity (Wildman–Crippen MR) is 129 cm³/mol. The number of nitrogens with zero attached hydrogens (tertiary/aromatic N) is 5. The Morgan fingerprint density at radius 1 is 1.25 bits per heavy atom. The van der Waals surface area contributed by atoms with Gasteiger partial charge in [-0.25, -0.2) is 23.8 Å². The summed E-state index contributed by atoms with van der Waals surface area (Å²) in [7, 11) is 1.45. The molecule has 2 amide bonds. The van der Waals surface area contributed by atoms with Crippen LogP contribution < -0.4 is 26.4 Å². The Morgan fingerprint density at radius 3 is 2.58 bits per heavy atom. The van der Waals surface area contributed by atoms with Crippen molar-refractivity contribution in [2.75, 3.05) is 17.7 Å². The van der Waals surface area contributed by atoms with Gasteiger partial charge in [0, 0.05) is 12.1 Å². The van der Waals surface area contributed by atoms with Crippen molar-refractivity contribution in [2.45, 2.75) is 39.3 Å². The Balaban J connectivity index is 1.98. The van der Waals surface area contributed by atoms with Crippen LogP contribution in [-0.2, 0) is 0 Å². The highest BCUT2D eigenvalue weighted by Crippen LogP contribution is 2.28. The van der Waals surface area contributed by atoms with Gasteiger partial charge in [0.25, 0.3) is 5.91 Å². The van der Waals surface area contributed by atoms with E-state index in [4.69, 9.17) is 15.6 Å². The summed E-state index contributed by atoms with van der Waals surface area (Å²) in [6.45, 7) is 5.58. The first-order valence-electron chi connectivity index (χ1n) is 11.0. The molecule has 3 aromatic rings. The fourth-order valence-corrected chi connectivity index (χ4v) is 3.54. The number of ether oxygens (including phenoxy) is 1. The van der Waals surface area contributed by atoms with Gasteiger partial charge in [0.15, 0.2) is 11.6 Å². The molecule has 0 aromatic carbocycles. The Kier molecular flexibility index (Phi) is 8.19. The molecule has 14 heteroatoms. The van der Waals surface area contributed by atoms with Crippen LogP contribution in [0.25, 0.3) is 5.69 Å². The van der Waals surface area contributed by atoms with Gasteiger partial charge >= 0.3 is 6.09 Å². The molecule has 0 radical (unpaired) electrons. The van der Waals surface area contributed by atoms with Gasteiger partial charge in [-0.1, -0.05) is 19.1 Å². The minimum Gasteiger partial charge on any atom is -0.479 e. The van der Waals surface area contributed by atoms with Gasteiger partial charge in [0.2, 0.25) is 5.88 Å². The minimum absolute atomic E-state index is 0.0231. The first-order valence-corrected chi connectivity index (χ1v) is 11.0. The average Bonchev–Trinajstić information content (AvgIpc) is 3.34. The molecule has 0 saturated heterocycles. The van der Waals surface area contributed by atoms with Crippen LogP contribution in [0.2, 0.25) is 0 Å². The molecule has 6 N–H and O–H groups in total. The normalized spacial score (nSPS) is 12.6. The monoisotopic (exact) mass is 501 g/mol. The van der Waals surface area contributed by atoms with Gasteiger partial charge in [-0.15, -0.1) is 5.10 Å². The molecule has 3 heterocycles. The number of halogens is 1. The fourth-order valence-electron chi connectivity index (χ4n) is 3.54. The molecular weight excluding hydrogens is 473 g/mol. The number of methoxy groups -OCH3 is 1. The van der Waals surface area contributed by atoms with Gasteiger partial charge in [-0.3, -0.25) is 4.79 Å². The number of carboxylic acid groups (broad SMARTS) is 1. The molecule has 2 atom stereocenters. The molecule has 0 fully saturated rings. The number of amides is 2. The van der Waals surface area contributed by atoms with Crippen LogP contribution in [0.15, 0.2) is 30.7 Å². The lowest BCUT2D eigenvalue weighted by Gasteiger charge is -2.27. The summed E-state index contributed by atoms with van der Waals surface area (Å²) < 4.78 is 21.7. The molecule has 0 unspecified atom stereocenters. The third-order valence-electron chi connectivity index (χ3n) is 5.20. The number of carbonyl (C=O) groups is 2. The Bertz CT molecular complexity index is 1220. The summed E-state index contributed by atoms with van der Waals surface area (Å²) >= 11 is 0. The van der Waals surface area contributed by atoms with Crippen molar-refractivity contribution in [3.8, 4) is 11.6 Å². The van der Waals surface area contributed by atoms with E-state index in [-0.39, 0.29) is 29.0 Å². The third-order valence-corrected chi connectivity index (χ3v) is 5.20. The Labute approximate surface area is 206 Å². The number of pyridine rings is 2. The first kappa shape index (κ1) is 26.1. The number of hydrogen-bond donors (Lipinski definition) is 5. The lowest BCUT2D eigenvalue weighted by atomic mass is 9.98. The predicted octanol–water partition coefficient (Wildman–Crippen LogP) is 2.53. The zero-order valence-corrected chi connectivity index (χ0v) is 20.2. The zero-order chi connectivity index (χ0) is 26.4. The van der Waals surface area contributed by atoms with E-state index in [1.54, 1.807) is 19.2 Å². The minimum atomic E-state index is -1.20. The molecule has 0 bridgehead atoms. The largest absolute Gasteiger partial charge is 0.479 e. The summed E-state index contributed by atoms with van der Waals surface area (Å²) in [5, 5.41) is 25.1.